The lowest BCUT2D eigenvalue weighted by Gasteiger charge is -2.32. The van der Waals surface area contributed by atoms with Crippen LogP contribution in [0, 0.1) is 0 Å². The number of halogens is 1. The zero-order valence-corrected chi connectivity index (χ0v) is 15.4. The van der Waals surface area contributed by atoms with Crippen LogP contribution in [0.4, 0.5) is 0 Å². The Labute approximate surface area is 151 Å². The number of nitrogens with zero attached hydrogens (tertiary/aromatic N) is 1. The molecule has 0 spiro atoms. The minimum atomic E-state index is 0.0946. The number of methoxy groups -OCH3 is 1. The van der Waals surface area contributed by atoms with Crippen LogP contribution >= 0.6 is 15.9 Å². The van der Waals surface area contributed by atoms with E-state index in [-0.39, 0.29) is 5.91 Å². The zero-order valence-electron chi connectivity index (χ0n) is 13.8. The maximum atomic E-state index is 12.7. The molecule has 1 aliphatic rings. The van der Waals surface area contributed by atoms with E-state index in [1.54, 1.807) is 7.11 Å². The van der Waals surface area contributed by atoms with Crippen molar-refractivity contribution in [1.29, 1.82) is 0 Å². The van der Waals surface area contributed by atoms with Crippen LogP contribution in [0.1, 0.15) is 15.9 Å². The minimum Gasteiger partial charge on any atom is -0.496 e. The first-order valence-corrected chi connectivity index (χ1v) is 8.97. The number of nitrogens with one attached hydrogen (secondary N) is 1. The Balaban J connectivity index is 1.58. The number of benzene rings is 2. The van der Waals surface area contributed by atoms with Gasteiger partial charge in [0.2, 0.25) is 0 Å². The van der Waals surface area contributed by atoms with Gasteiger partial charge in [-0.15, -0.1) is 0 Å². The average molecular weight is 390 g/mol. The van der Waals surface area contributed by atoms with Gasteiger partial charge in [-0.05, 0) is 34.1 Å². The first-order chi connectivity index (χ1) is 11.7. The fraction of sp³-hybridized carbons (Fsp3) is 0.316. The summed E-state index contributed by atoms with van der Waals surface area (Å²) in [6.45, 7) is 4.59. The molecular formula is C19H22BrN2O2+. The number of ether oxygens (including phenoxy) is 1. The summed E-state index contributed by atoms with van der Waals surface area (Å²) in [4.78, 5) is 16.1. The summed E-state index contributed by atoms with van der Waals surface area (Å²) >= 11 is 3.45. The number of hydrogen-bond acceptors (Lipinski definition) is 2. The molecule has 1 fully saturated rings. The normalized spacial score (nSPS) is 15.3. The van der Waals surface area contributed by atoms with Crippen molar-refractivity contribution >= 4 is 21.8 Å². The Bertz CT molecular complexity index is 698. The fourth-order valence-electron chi connectivity index (χ4n) is 3.07. The Hall–Kier alpha value is -1.85. The maximum absolute atomic E-state index is 12.7. The smallest absolute Gasteiger partial charge is 0.254 e. The van der Waals surface area contributed by atoms with Crippen LogP contribution < -0.4 is 9.64 Å². The van der Waals surface area contributed by atoms with Crippen molar-refractivity contribution in [2.75, 3.05) is 33.3 Å². The average Bonchev–Trinajstić information content (AvgIpc) is 2.62. The molecule has 5 heteroatoms. The van der Waals surface area contributed by atoms with E-state index in [0.717, 1.165) is 42.9 Å². The van der Waals surface area contributed by atoms with E-state index < -0.39 is 0 Å². The van der Waals surface area contributed by atoms with E-state index in [0.29, 0.717) is 5.56 Å². The number of rotatable bonds is 4. The summed E-state index contributed by atoms with van der Waals surface area (Å²) in [5.74, 6) is 0.834. The van der Waals surface area contributed by atoms with Crippen LogP contribution in [0.2, 0.25) is 0 Å². The lowest BCUT2D eigenvalue weighted by Crippen LogP contribution is -3.13. The summed E-state index contributed by atoms with van der Waals surface area (Å²) in [6, 6.07) is 16.0. The van der Waals surface area contributed by atoms with Crippen molar-refractivity contribution in [1.82, 2.24) is 4.90 Å². The summed E-state index contributed by atoms with van der Waals surface area (Å²) in [5, 5.41) is 0. The Morgan fingerprint density at radius 3 is 2.50 bits per heavy atom. The second-order valence-electron chi connectivity index (χ2n) is 6.05. The van der Waals surface area contributed by atoms with Gasteiger partial charge in [0.15, 0.2) is 0 Å². The van der Waals surface area contributed by atoms with Crippen molar-refractivity contribution in [2.45, 2.75) is 6.54 Å². The summed E-state index contributed by atoms with van der Waals surface area (Å²) in [5.41, 5.74) is 2.06. The van der Waals surface area contributed by atoms with Gasteiger partial charge >= 0.3 is 0 Å². The van der Waals surface area contributed by atoms with Crippen molar-refractivity contribution in [3.8, 4) is 5.75 Å². The van der Waals surface area contributed by atoms with E-state index in [9.17, 15) is 4.79 Å². The number of amides is 1. The molecule has 0 bridgehead atoms. The number of carbonyl (C=O) groups excluding carboxylic acids is 1. The van der Waals surface area contributed by atoms with Crippen LogP contribution in [0.25, 0.3) is 0 Å². The van der Waals surface area contributed by atoms with Crippen LogP contribution in [0.15, 0.2) is 53.0 Å². The summed E-state index contributed by atoms with van der Waals surface area (Å²) < 4.78 is 6.03. The predicted molar refractivity (Wildman–Crippen MR) is 97.4 cm³/mol. The van der Waals surface area contributed by atoms with Crippen molar-refractivity contribution in [2.24, 2.45) is 0 Å². The van der Waals surface area contributed by atoms with E-state index in [1.807, 2.05) is 29.2 Å². The molecule has 1 amide bonds. The Morgan fingerprint density at radius 2 is 1.88 bits per heavy atom. The standard InChI is InChI=1S/C19H21BrN2O2/c1-24-18-8-7-16(13-17(18)20)19(23)22-11-9-21(10-12-22)14-15-5-3-2-4-6-15/h2-8,13H,9-12,14H2,1H3/p+1. The molecule has 3 rings (SSSR count). The minimum absolute atomic E-state index is 0.0946. The third-order valence-electron chi connectivity index (χ3n) is 4.45. The number of carbonyl (C=O) groups is 1. The third kappa shape index (κ3) is 3.97. The molecule has 2 aromatic carbocycles. The predicted octanol–water partition coefficient (Wildman–Crippen LogP) is 2.00. The number of quaternary nitrogens is 1. The summed E-state index contributed by atoms with van der Waals surface area (Å²) in [7, 11) is 1.62. The Morgan fingerprint density at radius 1 is 1.17 bits per heavy atom. The molecule has 4 nitrogen and oxygen atoms in total. The van der Waals surface area contributed by atoms with E-state index in [4.69, 9.17) is 4.74 Å². The van der Waals surface area contributed by atoms with E-state index in [2.05, 4.69) is 40.2 Å². The van der Waals surface area contributed by atoms with Gasteiger partial charge in [-0.25, -0.2) is 0 Å². The quantitative estimate of drug-likeness (QED) is 0.867. The highest BCUT2D eigenvalue weighted by molar-refractivity contribution is 9.10. The van der Waals surface area contributed by atoms with E-state index >= 15 is 0 Å². The fourth-order valence-corrected chi connectivity index (χ4v) is 3.61. The highest BCUT2D eigenvalue weighted by Gasteiger charge is 2.24. The van der Waals surface area contributed by atoms with Crippen LogP contribution in [0.5, 0.6) is 5.75 Å². The highest BCUT2D eigenvalue weighted by atomic mass is 79.9. The number of piperazine rings is 1. The van der Waals surface area contributed by atoms with Gasteiger partial charge in [-0.1, -0.05) is 30.3 Å². The zero-order chi connectivity index (χ0) is 16.9. The molecule has 126 valence electrons. The largest absolute Gasteiger partial charge is 0.496 e. The van der Waals surface area contributed by atoms with Gasteiger partial charge in [0, 0.05) is 11.1 Å². The first kappa shape index (κ1) is 17.0. The van der Waals surface area contributed by atoms with Crippen LogP contribution in [-0.2, 0) is 6.54 Å². The van der Waals surface area contributed by atoms with Gasteiger partial charge in [-0.3, -0.25) is 4.79 Å². The number of hydrogen-bond donors (Lipinski definition) is 1. The second-order valence-corrected chi connectivity index (χ2v) is 6.91. The van der Waals surface area contributed by atoms with E-state index in [1.165, 1.54) is 10.5 Å². The SMILES string of the molecule is COc1ccc(C(=O)N2CC[NH+](Cc3ccccc3)CC2)cc1Br. The summed E-state index contributed by atoms with van der Waals surface area (Å²) in [6.07, 6.45) is 0. The first-order valence-electron chi connectivity index (χ1n) is 8.17. The third-order valence-corrected chi connectivity index (χ3v) is 5.07. The van der Waals surface area contributed by atoms with Crippen LogP contribution in [-0.4, -0.2) is 44.1 Å². The molecular weight excluding hydrogens is 368 g/mol. The second kappa shape index (κ2) is 7.81. The van der Waals surface area contributed by atoms with Gasteiger partial charge in [-0.2, -0.15) is 0 Å². The molecule has 0 atom stereocenters. The highest BCUT2D eigenvalue weighted by Crippen LogP contribution is 2.26. The topological polar surface area (TPSA) is 34.0 Å². The van der Waals surface area contributed by atoms with Gasteiger partial charge < -0.3 is 14.5 Å². The lowest BCUT2D eigenvalue weighted by molar-refractivity contribution is -0.917. The lowest BCUT2D eigenvalue weighted by atomic mass is 10.1. The maximum Gasteiger partial charge on any atom is 0.254 e. The van der Waals surface area contributed by atoms with Gasteiger partial charge in [0.05, 0.1) is 37.8 Å². The van der Waals surface area contributed by atoms with Crippen molar-refractivity contribution in [3.63, 3.8) is 0 Å². The van der Waals surface area contributed by atoms with Gasteiger partial charge in [0.1, 0.15) is 12.3 Å². The Kier molecular flexibility index (Phi) is 5.53. The van der Waals surface area contributed by atoms with Crippen molar-refractivity contribution < 1.29 is 14.4 Å². The van der Waals surface area contributed by atoms with Crippen molar-refractivity contribution in [3.05, 3.63) is 64.1 Å². The molecule has 24 heavy (non-hydrogen) atoms. The molecule has 1 heterocycles. The molecule has 1 N–H and O–H groups in total. The monoisotopic (exact) mass is 389 g/mol. The molecule has 2 aromatic rings. The van der Waals surface area contributed by atoms with Crippen LogP contribution in [0.3, 0.4) is 0 Å². The molecule has 1 aliphatic heterocycles. The molecule has 0 aromatic heterocycles. The molecule has 1 saturated heterocycles. The molecule has 0 radical (unpaired) electrons. The molecule has 0 aliphatic carbocycles. The molecule has 0 unspecified atom stereocenters. The molecule has 0 saturated carbocycles. The van der Waals surface area contributed by atoms with Gasteiger partial charge in [0.25, 0.3) is 5.91 Å².